The monoisotopic (exact) mass is 343 g/mol. The minimum absolute atomic E-state index is 0.137. The van der Waals surface area contributed by atoms with Crippen LogP contribution in [-0.2, 0) is 6.54 Å². The summed E-state index contributed by atoms with van der Waals surface area (Å²) < 4.78 is 5.24. The zero-order valence-corrected chi connectivity index (χ0v) is 15.8. The molecular formula is C20H29N3O2. The van der Waals surface area contributed by atoms with Crippen LogP contribution in [0.1, 0.15) is 19.4 Å². The normalized spacial score (nSPS) is 12.4. The van der Waals surface area contributed by atoms with Crippen LogP contribution in [0.15, 0.2) is 36.4 Å². The number of carbonyl (C=O) groups excluding carboxylic acids is 1. The molecule has 1 atom stereocenters. The smallest absolute Gasteiger partial charge is 0.315 e. The van der Waals surface area contributed by atoms with E-state index in [-0.39, 0.29) is 6.03 Å². The number of carbonyl (C=O) groups is 1. The predicted molar refractivity (Wildman–Crippen MR) is 103 cm³/mol. The van der Waals surface area contributed by atoms with Crippen LogP contribution < -0.4 is 15.4 Å². The Morgan fingerprint density at radius 1 is 1.08 bits per heavy atom. The third-order valence-corrected chi connectivity index (χ3v) is 4.47. The van der Waals surface area contributed by atoms with Crippen molar-refractivity contribution in [3.8, 4) is 5.75 Å². The largest absolute Gasteiger partial charge is 0.497 e. The van der Waals surface area contributed by atoms with Crippen molar-refractivity contribution in [1.82, 2.24) is 15.5 Å². The summed E-state index contributed by atoms with van der Waals surface area (Å²) in [6.45, 7) is 5.46. The van der Waals surface area contributed by atoms with Crippen LogP contribution >= 0.6 is 0 Å². The number of likely N-dealkylation sites (N-methyl/N-ethyl adjacent to an activating group) is 1. The number of hydrogen-bond acceptors (Lipinski definition) is 3. The zero-order valence-electron chi connectivity index (χ0n) is 15.8. The van der Waals surface area contributed by atoms with Crippen LogP contribution in [0.5, 0.6) is 5.75 Å². The molecule has 0 aliphatic heterocycles. The average Bonchev–Trinajstić information content (AvgIpc) is 2.58. The fraction of sp³-hybridized carbons (Fsp3) is 0.450. The molecule has 0 aliphatic rings. The lowest BCUT2D eigenvalue weighted by atomic mass is 10.0. The predicted octanol–water partition coefficient (Wildman–Crippen LogP) is 3.23. The van der Waals surface area contributed by atoms with Gasteiger partial charge in [0.15, 0.2) is 0 Å². The minimum atomic E-state index is -0.137. The first-order valence-corrected chi connectivity index (χ1v) is 8.65. The van der Waals surface area contributed by atoms with E-state index >= 15 is 0 Å². The van der Waals surface area contributed by atoms with Gasteiger partial charge < -0.3 is 20.3 Å². The first-order chi connectivity index (χ1) is 11.9. The number of ether oxygens (including phenoxy) is 1. The fourth-order valence-electron chi connectivity index (χ4n) is 2.97. The van der Waals surface area contributed by atoms with E-state index in [0.29, 0.717) is 25.0 Å². The molecule has 2 amide bonds. The molecule has 2 N–H and O–H groups in total. The Labute approximate surface area is 150 Å². The third-order valence-electron chi connectivity index (χ3n) is 4.47. The Bertz CT molecular complexity index is 705. The molecule has 0 unspecified atom stereocenters. The summed E-state index contributed by atoms with van der Waals surface area (Å²) >= 11 is 0. The molecule has 0 heterocycles. The molecule has 25 heavy (non-hydrogen) atoms. The van der Waals surface area contributed by atoms with Crippen molar-refractivity contribution in [2.24, 2.45) is 5.92 Å². The van der Waals surface area contributed by atoms with Gasteiger partial charge in [0.1, 0.15) is 5.75 Å². The summed E-state index contributed by atoms with van der Waals surface area (Å²) in [4.78, 5) is 14.2. The van der Waals surface area contributed by atoms with E-state index in [4.69, 9.17) is 4.74 Å². The van der Waals surface area contributed by atoms with E-state index in [1.807, 2.05) is 44.4 Å². The van der Waals surface area contributed by atoms with Crippen molar-refractivity contribution >= 4 is 16.8 Å². The number of methoxy groups -OCH3 is 1. The summed E-state index contributed by atoms with van der Waals surface area (Å²) in [5.41, 5.74) is 1.07. The molecule has 0 bridgehead atoms. The summed E-state index contributed by atoms with van der Waals surface area (Å²) in [6.07, 6.45) is 0. The maximum atomic E-state index is 12.1. The number of rotatable bonds is 7. The average molecular weight is 343 g/mol. The van der Waals surface area contributed by atoms with E-state index in [1.165, 1.54) is 0 Å². The molecule has 2 aromatic carbocycles. The van der Waals surface area contributed by atoms with E-state index < -0.39 is 0 Å². The Morgan fingerprint density at radius 3 is 2.40 bits per heavy atom. The van der Waals surface area contributed by atoms with Crippen molar-refractivity contribution in [2.75, 3.05) is 27.7 Å². The number of nitrogens with one attached hydrogen (secondary N) is 2. The number of nitrogens with zero attached hydrogens (tertiary/aromatic N) is 1. The first-order valence-electron chi connectivity index (χ1n) is 8.65. The lowest BCUT2D eigenvalue weighted by Crippen LogP contribution is -2.46. The summed E-state index contributed by atoms with van der Waals surface area (Å²) in [6, 6.07) is 12.3. The highest BCUT2D eigenvalue weighted by molar-refractivity contribution is 5.84. The van der Waals surface area contributed by atoms with Crippen molar-refractivity contribution in [3.05, 3.63) is 42.0 Å². The van der Waals surface area contributed by atoms with E-state index in [1.54, 1.807) is 7.11 Å². The lowest BCUT2D eigenvalue weighted by Gasteiger charge is -2.28. The second-order valence-electron chi connectivity index (χ2n) is 6.89. The summed E-state index contributed by atoms with van der Waals surface area (Å²) in [7, 11) is 5.74. The minimum Gasteiger partial charge on any atom is -0.497 e. The molecule has 0 radical (unpaired) electrons. The highest BCUT2D eigenvalue weighted by Crippen LogP contribution is 2.21. The Balaban J connectivity index is 1.90. The fourth-order valence-corrected chi connectivity index (χ4v) is 2.97. The lowest BCUT2D eigenvalue weighted by molar-refractivity contribution is 0.212. The van der Waals surface area contributed by atoms with Gasteiger partial charge in [-0.05, 0) is 54.5 Å². The van der Waals surface area contributed by atoms with Crippen molar-refractivity contribution in [2.45, 2.75) is 26.4 Å². The maximum Gasteiger partial charge on any atom is 0.315 e. The highest BCUT2D eigenvalue weighted by Gasteiger charge is 2.16. The standard InChI is InChI=1S/C20H29N3O2/c1-14(2)19(23(3)4)13-22-20(24)21-12-15-6-7-17-11-18(25-5)9-8-16(17)10-15/h6-11,14,19H,12-13H2,1-5H3,(H2,21,22,24)/t19-/m0/s1. The van der Waals surface area contributed by atoms with Gasteiger partial charge in [-0.3, -0.25) is 0 Å². The molecule has 0 saturated carbocycles. The van der Waals surface area contributed by atoms with Crippen LogP contribution in [0.25, 0.3) is 10.8 Å². The molecule has 2 rings (SSSR count). The van der Waals surface area contributed by atoms with Gasteiger partial charge in [0, 0.05) is 19.1 Å². The van der Waals surface area contributed by atoms with Crippen molar-refractivity contribution < 1.29 is 9.53 Å². The third kappa shape index (κ3) is 5.36. The van der Waals surface area contributed by atoms with E-state index in [2.05, 4.69) is 35.4 Å². The quantitative estimate of drug-likeness (QED) is 0.811. The van der Waals surface area contributed by atoms with Gasteiger partial charge in [0.25, 0.3) is 0 Å². The van der Waals surface area contributed by atoms with Gasteiger partial charge in [-0.2, -0.15) is 0 Å². The van der Waals surface area contributed by atoms with Crippen LogP contribution in [-0.4, -0.2) is 44.7 Å². The first kappa shape index (κ1) is 19.1. The maximum absolute atomic E-state index is 12.1. The van der Waals surface area contributed by atoms with Crippen molar-refractivity contribution in [3.63, 3.8) is 0 Å². The molecule has 0 aromatic heterocycles. The van der Waals surface area contributed by atoms with Crippen molar-refractivity contribution in [1.29, 1.82) is 0 Å². The number of fused-ring (bicyclic) bond motifs is 1. The topological polar surface area (TPSA) is 53.6 Å². The number of benzene rings is 2. The van der Waals surface area contributed by atoms with Gasteiger partial charge in [0.2, 0.25) is 0 Å². The van der Waals surface area contributed by atoms with Gasteiger partial charge >= 0.3 is 6.03 Å². The van der Waals surface area contributed by atoms with E-state index in [0.717, 1.165) is 22.1 Å². The molecule has 5 heteroatoms. The molecule has 0 aliphatic carbocycles. The number of urea groups is 1. The van der Waals surface area contributed by atoms with Crippen LogP contribution in [0, 0.1) is 5.92 Å². The Kier molecular flexibility index (Phi) is 6.65. The summed E-state index contributed by atoms with van der Waals surface area (Å²) in [5, 5.41) is 8.14. The second-order valence-corrected chi connectivity index (χ2v) is 6.89. The molecule has 2 aromatic rings. The molecule has 136 valence electrons. The molecule has 0 saturated heterocycles. The molecular weight excluding hydrogens is 314 g/mol. The SMILES string of the molecule is COc1ccc2cc(CNC(=O)NC[C@@H](C(C)C)N(C)C)ccc2c1. The Hall–Kier alpha value is -2.27. The van der Waals surface area contributed by atoms with Gasteiger partial charge in [0.05, 0.1) is 7.11 Å². The highest BCUT2D eigenvalue weighted by atomic mass is 16.5. The number of hydrogen-bond donors (Lipinski definition) is 2. The number of amides is 2. The van der Waals surface area contributed by atoms with Gasteiger partial charge in [-0.1, -0.05) is 32.0 Å². The van der Waals surface area contributed by atoms with Crippen LogP contribution in [0.2, 0.25) is 0 Å². The summed E-state index contributed by atoms with van der Waals surface area (Å²) in [5.74, 6) is 1.33. The molecule has 0 fully saturated rings. The van der Waals surface area contributed by atoms with E-state index in [9.17, 15) is 4.79 Å². The Morgan fingerprint density at radius 2 is 1.76 bits per heavy atom. The van der Waals surface area contributed by atoms with Gasteiger partial charge in [-0.15, -0.1) is 0 Å². The molecule has 0 spiro atoms. The molecule has 5 nitrogen and oxygen atoms in total. The zero-order chi connectivity index (χ0) is 18.4. The van der Waals surface area contributed by atoms with Gasteiger partial charge in [-0.25, -0.2) is 4.79 Å². The second kappa shape index (κ2) is 8.72. The van der Waals surface area contributed by atoms with Crippen LogP contribution in [0.4, 0.5) is 4.79 Å². The van der Waals surface area contributed by atoms with Crippen LogP contribution in [0.3, 0.4) is 0 Å².